The Morgan fingerprint density at radius 2 is 1.83 bits per heavy atom. The van der Waals surface area contributed by atoms with E-state index in [0.717, 1.165) is 6.07 Å². The number of benzene rings is 1. The first-order chi connectivity index (χ1) is 8.17. The molecule has 0 aliphatic heterocycles. The van der Waals surface area contributed by atoms with Crippen molar-refractivity contribution in [1.82, 2.24) is 0 Å². The third-order valence-corrected chi connectivity index (χ3v) is 4.72. The van der Waals surface area contributed by atoms with E-state index < -0.39 is 43.5 Å². The average Bonchev–Trinajstić information content (AvgIpc) is 2.19. The van der Waals surface area contributed by atoms with Crippen LogP contribution in [0.1, 0.15) is 13.8 Å². The molecule has 1 atom stereocenters. The number of halogens is 2. The van der Waals surface area contributed by atoms with Crippen LogP contribution in [0.3, 0.4) is 0 Å². The number of rotatable bonds is 4. The molecule has 0 amide bonds. The number of hydrogen-bond acceptors (Lipinski definition) is 3. The van der Waals surface area contributed by atoms with E-state index in [1.54, 1.807) is 0 Å². The van der Waals surface area contributed by atoms with Crippen LogP contribution in [-0.4, -0.2) is 24.7 Å². The minimum Gasteiger partial charge on any atom is -0.480 e. The van der Waals surface area contributed by atoms with Gasteiger partial charge in [0.25, 0.3) is 0 Å². The number of carboxylic acids is 1. The minimum absolute atomic E-state index is 0.489. The van der Waals surface area contributed by atoms with Crippen molar-refractivity contribution in [2.45, 2.75) is 24.0 Å². The van der Waals surface area contributed by atoms with Crippen molar-refractivity contribution in [2.24, 2.45) is 5.92 Å². The van der Waals surface area contributed by atoms with Crippen LogP contribution in [0.25, 0.3) is 0 Å². The Morgan fingerprint density at radius 3 is 2.28 bits per heavy atom. The first kappa shape index (κ1) is 14.6. The molecule has 0 aliphatic carbocycles. The molecule has 0 bridgehead atoms. The molecule has 0 aliphatic rings. The molecule has 1 aromatic carbocycles. The van der Waals surface area contributed by atoms with Gasteiger partial charge in [-0.3, -0.25) is 4.79 Å². The molecule has 0 spiro atoms. The summed E-state index contributed by atoms with van der Waals surface area (Å²) < 4.78 is 50.4. The zero-order valence-corrected chi connectivity index (χ0v) is 10.5. The lowest BCUT2D eigenvalue weighted by Gasteiger charge is -2.17. The maximum Gasteiger partial charge on any atom is 0.322 e. The van der Waals surface area contributed by atoms with Crippen LogP contribution in [0.2, 0.25) is 0 Å². The summed E-state index contributed by atoms with van der Waals surface area (Å²) in [6.45, 7) is 2.76. The summed E-state index contributed by atoms with van der Waals surface area (Å²) >= 11 is 0. The molecule has 0 saturated carbocycles. The Hall–Kier alpha value is -1.50. The lowest BCUT2D eigenvalue weighted by Crippen LogP contribution is -2.35. The molecule has 1 rings (SSSR count). The average molecular weight is 278 g/mol. The smallest absolute Gasteiger partial charge is 0.322 e. The fourth-order valence-corrected chi connectivity index (χ4v) is 3.48. The van der Waals surface area contributed by atoms with Gasteiger partial charge in [-0.2, -0.15) is 0 Å². The normalized spacial score (nSPS) is 13.6. The molecule has 18 heavy (non-hydrogen) atoms. The molecule has 0 heterocycles. The Balaban J connectivity index is 3.45. The lowest BCUT2D eigenvalue weighted by molar-refractivity contribution is -0.137. The molecular formula is C11H12F2O4S. The van der Waals surface area contributed by atoms with E-state index in [-0.39, 0.29) is 0 Å². The number of carbonyl (C=O) groups is 1. The van der Waals surface area contributed by atoms with Crippen LogP contribution in [0, 0.1) is 17.6 Å². The molecule has 0 saturated heterocycles. The van der Waals surface area contributed by atoms with Gasteiger partial charge >= 0.3 is 5.97 Å². The molecule has 4 nitrogen and oxygen atoms in total. The second-order valence-corrected chi connectivity index (χ2v) is 6.16. The van der Waals surface area contributed by atoms with Crippen molar-refractivity contribution in [1.29, 1.82) is 0 Å². The minimum atomic E-state index is -4.47. The highest BCUT2D eigenvalue weighted by molar-refractivity contribution is 7.92. The highest BCUT2D eigenvalue weighted by atomic mass is 32.2. The van der Waals surface area contributed by atoms with Gasteiger partial charge in [-0.05, 0) is 24.1 Å². The Labute approximate surface area is 103 Å². The summed E-state index contributed by atoms with van der Waals surface area (Å²) in [4.78, 5) is 10.0. The van der Waals surface area contributed by atoms with Crippen molar-refractivity contribution in [3.63, 3.8) is 0 Å². The number of carboxylic acid groups (broad SMARTS) is 1. The van der Waals surface area contributed by atoms with Crippen molar-refractivity contribution in [2.75, 3.05) is 0 Å². The molecule has 0 radical (unpaired) electrons. The Bertz CT molecular complexity index is 566. The van der Waals surface area contributed by atoms with Gasteiger partial charge in [0.05, 0.1) is 0 Å². The highest BCUT2D eigenvalue weighted by Crippen LogP contribution is 2.25. The topological polar surface area (TPSA) is 71.4 Å². The molecule has 1 N–H and O–H groups in total. The standard InChI is InChI=1S/C11H12F2O4S/c1-6(2)10(11(14)15)18(16,17)9-5-7(12)3-4-8(9)13/h3-6,10H,1-2H3,(H,14,15). The molecule has 7 heteroatoms. The van der Waals surface area contributed by atoms with Crippen LogP contribution in [-0.2, 0) is 14.6 Å². The van der Waals surface area contributed by atoms with E-state index in [1.807, 2.05) is 0 Å². The number of sulfone groups is 1. The van der Waals surface area contributed by atoms with E-state index in [1.165, 1.54) is 13.8 Å². The molecule has 1 aromatic rings. The van der Waals surface area contributed by atoms with Crippen molar-refractivity contribution in [3.8, 4) is 0 Å². The van der Waals surface area contributed by atoms with Gasteiger partial charge in [0, 0.05) is 0 Å². The third kappa shape index (κ3) is 2.66. The van der Waals surface area contributed by atoms with Crippen molar-refractivity contribution in [3.05, 3.63) is 29.8 Å². The quantitative estimate of drug-likeness (QED) is 0.912. The first-order valence-electron chi connectivity index (χ1n) is 5.09. The van der Waals surface area contributed by atoms with Gasteiger partial charge in [0.15, 0.2) is 15.1 Å². The third-order valence-electron chi connectivity index (χ3n) is 2.38. The zero-order chi connectivity index (χ0) is 14.1. The Kier molecular flexibility index (Phi) is 4.05. The van der Waals surface area contributed by atoms with Gasteiger partial charge in [0.1, 0.15) is 16.5 Å². The fraction of sp³-hybridized carbons (Fsp3) is 0.364. The van der Waals surface area contributed by atoms with Gasteiger partial charge < -0.3 is 5.11 Å². The summed E-state index contributed by atoms with van der Waals surface area (Å²) in [5.41, 5.74) is 0. The van der Waals surface area contributed by atoms with Gasteiger partial charge in [-0.1, -0.05) is 13.8 Å². The summed E-state index contributed by atoms with van der Waals surface area (Å²) in [5, 5.41) is 7.09. The fourth-order valence-electron chi connectivity index (χ4n) is 1.61. The lowest BCUT2D eigenvalue weighted by atomic mass is 10.1. The van der Waals surface area contributed by atoms with Gasteiger partial charge in [-0.15, -0.1) is 0 Å². The number of aliphatic carboxylic acids is 1. The van der Waals surface area contributed by atoms with Crippen LogP contribution < -0.4 is 0 Å². The van der Waals surface area contributed by atoms with Crippen LogP contribution in [0.15, 0.2) is 23.1 Å². The van der Waals surface area contributed by atoms with E-state index in [4.69, 9.17) is 5.11 Å². The summed E-state index contributed by atoms with van der Waals surface area (Å²) in [5.74, 6) is -4.46. The molecule has 100 valence electrons. The SMILES string of the molecule is CC(C)C(C(=O)O)S(=O)(=O)c1cc(F)ccc1F. The number of hydrogen-bond donors (Lipinski definition) is 1. The monoisotopic (exact) mass is 278 g/mol. The second kappa shape index (κ2) is 5.01. The molecule has 0 aromatic heterocycles. The van der Waals surface area contributed by atoms with Crippen molar-refractivity contribution < 1.29 is 27.1 Å². The van der Waals surface area contributed by atoms with E-state index in [0.29, 0.717) is 12.1 Å². The first-order valence-corrected chi connectivity index (χ1v) is 6.64. The maximum absolute atomic E-state index is 13.4. The second-order valence-electron chi connectivity index (χ2n) is 4.12. The molecule has 0 fully saturated rings. The van der Waals surface area contributed by atoms with E-state index in [2.05, 4.69) is 0 Å². The van der Waals surface area contributed by atoms with E-state index >= 15 is 0 Å². The largest absolute Gasteiger partial charge is 0.480 e. The predicted molar refractivity (Wildman–Crippen MR) is 59.8 cm³/mol. The van der Waals surface area contributed by atoms with Crippen molar-refractivity contribution >= 4 is 15.8 Å². The molecular weight excluding hydrogens is 266 g/mol. The van der Waals surface area contributed by atoms with Crippen LogP contribution in [0.4, 0.5) is 8.78 Å². The van der Waals surface area contributed by atoms with Gasteiger partial charge in [0.2, 0.25) is 0 Å². The maximum atomic E-state index is 13.4. The Morgan fingerprint density at radius 1 is 1.28 bits per heavy atom. The summed E-state index contributed by atoms with van der Waals surface area (Å²) in [6.07, 6.45) is 0. The van der Waals surface area contributed by atoms with E-state index in [9.17, 15) is 22.0 Å². The van der Waals surface area contributed by atoms with Gasteiger partial charge in [-0.25, -0.2) is 17.2 Å². The van der Waals surface area contributed by atoms with Crippen LogP contribution in [0.5, 0.6) is 0 Å². The highest BCUT2D eigenvalue weighted by Gasteiger charge is 2.38. The summed E-state index contributed by atoms with van der Waals surface area (Å²) in [6, 6.07) is 1.91. The zero-order valence-electron chi connectivity index (χ0n) is 9.72. The molecule has 1 unspecified atom stereocenters. The summed E-state index contributed by atoms with van der Waals surface area (Å²) in [7, 11) is -4.47. The predicted octanol–water partition coefficient (Wildman–Crippen LogP) is 1.85. The van der Waals surface area contributed by atoms with Crippen LogP contribution >= 0.6 is 0 Å².